The third-order valence-electron chi connectivity index (χ3n) is 5.59. The number of ether oxygens (including phenoxy) is 4. The third kappa shape index (κ3) is 5.55. The van der Waals surface area contributed by atoms with Gasteiger partial charge >= 0.3 is 11.9 Å². The van der Waals surface area contributed by atoms with Crippen molar-refractivity contribution in [1.82, 2.24) is 0 Å². The first-order valence-corrected chi connectivity index (χ1v) is 11.9. The van der Waals surface area contributed by atoms with E-state index in [1.165, 1.54) is 54.7 Å². The second kappa shape index (κ2) is 11.0. The summed E-state index contributed by atoms with van der Waals surface area (Å²) in [4.78, 5) is 51.6. The monoisotopic (exact) mass is 509 g/mol. The highest BCUT2D eigenvalue weighted by atomic mass is 32.1. The van der Waals surface area contributed by atoms with Gasteiger partial charge in [-0.05, 0) is 47.8 Å². The Morgan fingerprint density at radius 3 is 2.42 bits per heavy atom. The van der Waals surface area contributed by atoms with E-state index in [9.17, 15) is 19.2 Å². The SMILES string of the molecule is COc1ccc(N2C[C@H](C(=O)OCC(=O)c3ccc(OC(=O)c4cccs4)cc3)CC2=O)c(OC)c1. The summed E-state index contributed by atoms with van der Waals surface area (Å²) < 4.78 is 21.0. The average molecular weight is 510 g/mol. The Kier molecular flexibility index (Phi) is 7.65. The van der Waals surface area contributed by atoms with E-state index < -0.39 is 30.2 Å². The molecule has 0 aliphatic carbocycles. The highest BCUT2D eigenvalue weighted by Gasteiger charge is 2.37. The number of rotatable bonds is 9. The lowest BCUT2D eigenvalue weighted by molar-refractivity contribution is -0.147. The van der Waals surface area contributed by atoms with E-state index in [0.29, 0.717) is 33.4 Å². The van der Waals surface area contributed by atoms with Crippen molar-refractivity contribution in [3.05, 3.63) is 70.4 Å². The van der Waals surface area contributed by atoms with Crippen LogP contribution in [0.2, 0.25) is 0 Å². The lowest BCUT2D eigenvalue weighted by Gasteiger charge is -2.20. The van der Waals surface area contributed by atoms with Crippen LogP contribution in [0.4, 0.5) is 5.69 Å². The number of nitrogens with zero attached hydrogens (tertiary/aromatic N) is 1. The lowest BCUT2D eigenvalue weighted by Crippen LogP contribution is -2.27. The summed E-state index contributed by atoms with van der Waals surface area (Å²) >= 11 is 1.27. The van der Waals surface area contributed by atoms with Crippen LogP contribution in [0.1, 0.15) is 26.5 Å². The lowest BCUT2D eigenvalue weighted by atomic mass is 10.1. The minimum Gasteiger partial charge on any atom is -0.497 e. The Hall–Kier alpha value is -4.18. The van der Waals surface area contributed by atoms with Gasteiger partial charge in [0.2, 0.25) is 5.91 Å². The van der Waals surface area contributed by atoms with E-state index in [2.05, 4.69) is 0 Å². The molecule has 2 aromatic carbocycles. The molecule has 0 bridgehead atoms. The number of anilines is 1. The number of methoxy groups -OCH3 is 2. The summed E-state index contributed by atoms with van der Waals surface area (Å²) in [6.07, 6.45) is -0.0352. The van der Waals surface area contributed by atoms with Crippen LogP contribution < -0.4 is 19.1 Å². The van der Waals surface area contributed by atoms with E-state index in [4.69, 9.17) is 18.9 Å². The number of carbonyl (C=O) groups is 4. The number of benzene rings is 2. The van der Waals surface area contributed by atoms with Crippen LogP contribution >= 0.6 is 11.3 Å². The molecule has 36 heavy (non-hydrogen) atoms. The third-order valence-corrected chi connectivity index (χ3v) is 6.44. The van der Waals surface area contributed by atoms with Crippen LogP contribution in [0.5, 0.6) is 17.2 Å². The van der Waals surface area contributed by atoms with Gasteiger partial charge in [0.15, 0.2) is 12.4 Å². The van der Waals surface area contributed by atoms with Gasteiger partial charge in [-0.25, -0.2) is 4.79 Å². The summed E-state index contributed by atoms with van der Waals surface area (Å²) in [5.74, 6) is -1.19. The first-order chi connectivity index (χ1) is 17.4. The minimum atomic E-state index is -0.712. The zero-order chi connectivity index (χ0) is 25.7. The van der Waals surface area contributed by atoms with Gasteiger partial charge in [0.05, 0.1) is 25.8 Å². The number of ketones is 1. The molecular weight excluding hydrogens is 486 g/mol. The summed E-state index contributed by atoms with van der Waals surface area (Å²) in [5, 5.41) is 1.77. The molecule has 3 aromatic rings. The van der Waals surface area contributed by atoms with E-state index >= 15 is 0 Å². The fraction of sp³-hybridized carbons (Fsp3) is 0.231. The molecule has 2 heterocycles. The molecule has 1 saturated heterocycles. The van der Waals surface area contributed by atoms with Crippen molar-refractivity contribution in [2.75, 3.05) is 32.3 Å². The molecule has 1 aromatic heterocycles. The van der Waals surface area contributed by atoms with Crippen LogP contribution in [0.25, 0.3) is 0 Å². The number of thiophene rings is 1. The number of hydrogen-bond donors (Lipinski definition) is 0. The van der Waals surface area contributed by atoms with Crippen LogP contribution in [0.15, 0.2) is 60.0 Å². The normalized spacial score (nSPS) is 14.9. The predicted octanol–water partition coefficient (Wildman–Crippen LogP) is 3.76. The summed E-state index contributed by atoms with van der Waals surface area (Å²) in [7, 11) is 3.01. The van der Waals surface area contributed by atoms with E-state index in [-0.39, 0.29) is 18.9 Å². The summed E-state index contributed by atoms with van der Waals surface area (Å²) in [5.41, 5.74) is 0.820. The maximum absolute atomic E-state index is 12.6. The average Bonchev–Trinajstić information content (AvgIpc) is 3.57. The van der Waals surface area contributed by atoms with Gasteiger partial charge in [0.1, 0.15) is 22.1 Å². The van der Waals surface area contributed by atoms with Crippen LogP contribution in [0, 0.1) is 5.92 Å². The highest BCUT2D eigenvalue weighted by molar-refractivity contribution is 7.12. The van der Waals surface area contributed by atoms with Crippen LogP contribution in [-0.4, -0.2) is 51.0 Å². The maximum Gasteiger partial charge on any atom is 0.353 e. The molecule has 0 spiro atoms. The Bertz CT molecular complexity index is 1270. The molecule has 0 unspecified atom stereocenters. The van der Waals surface area contributed by atoms with Crippen molar-refractivity contribution < 1.29 is 38.1 Å². The number of esters is 2. The molecule has 0 N–H and O–H groups in total. The Balaban J connectivity index is 1.31. The zero-order valence-corrected chi connectivity index (χ0v) is 20.4. The van der Waals surface area contributed by atoms with E-state index in [1.54, 1.807) is 35.7 Å². The molecule has 1 fully saturated rings. The van der Waals surface area contributed by atoms with Crippen molar-refractivity contribution in [3.8, 4) is 17.2 Å². The van der Waals surface area contributed by atoms with Crippen molar-refractivity contribution in [3.63, 3.8) is 0 Å². The van der Waals surface area contributed by atoms with Gasteiger partial charge in [-0.2, -0.15) is 0 Å². The maximum atomic E-state index is 12.6. The minimum absolute atomic E-state index is 0.0352. The topological polar surface area (TPSA) is 108 Å². The summed E-state index contributed by atoms with van der Waals surface area (Å²) in [6.45, 7) is -0.359. The van der Waals surface area contributed by atoms with Gasteiger partial charge < -0.3 is 23.8 Å². The van der Waals surface area contributed by atoms with Crippen molar-refractivity contribution in [2.45, 2.75) is 6.42 Å². The molecule has 10 heteroatoms. The van der Waals surface area contributed by atoms with Crippen molar-refractivity contribution >= 4 is 40.7 Å². The number of hydrogen-bond acceptors (Lipinski definition) is 9. The first-order valence-electron chi connectivity index (χ1n) is 11.0. The number of Topliss-reactive ketones (excluding diaryl/α,β-unsaturated/α-hetero) is 1. The molecule has 1 aliphatic heterocycles. The molecule has 0 saturated carbocycles. The predicted molar refractivity (Wildman–Crippen MR) is 131 cm³/mol. The van der Waals surface area contributed by atoms with Crippen LogP contribution in [-0.2, 0) is 14.3 Å². The Labute approximate surface area is 211 Å². The zero-order valence-electron chi connectivity index (χ0n) is 19.6. The standard InChI is InChI=1S/C26H23NO8S/c1-32-19-9-10-20(22(13-19)33-2)27-14-17(12-24(27)29)25(30)34-15-21(28)16-5-7-18(8-6-16)35-26(31)23-4-3-11-36-23/h3-11,13,17H,12,14-15H2,1-2H3/t17-/m1/s1. The Morgan fingerprint density at radius 1 is 1.00 bits per heavy atom. The first kappa shape index (κ1) is 24.9. The van der Waals surface area contributed by atoms with Crippen molar-refractivity contribution in [2.24, 2.45) is 5.92 Å². The molecule has 1 aliphatic rings. The quantitative estimate of drug-likeness (QED) is 0.244. The molecular formula is C26H23NO8S. The summed E-state index contributed by atoms with van der Waals surface area (Å²) in [6, 6.07) is 14.4. The second-order valence-electron chi connectivity index (χ2n) is 7.87. The van der Waals surface area contributed by atoms with Gasteiger partial charge in [-0.3, -0.25) is 14.4 Å². The van der Waals surface area contributed by atoms with E-state index in [0.717, 1.165) is 0 Å². The molecule has 1 amide bonds. The number of carbonyl (C=O) groups excluding carboxylic acids is 4. The fourth-order valence-corrected chi connectivity index (χ4v) is 4.30. The van der Waals surface area contributed by atoms with Crippen LogP contribution in [0.3, 0.4) is 0 Å². The molecule has 9 nitrogen and oxygen atoms in total. The number of amides is 1. The van der Waals surface area contributed by atoms with Crippen molar-refractivity contribution in [1.29, 1.82) is 0 Å². The molecule has 4 rings (SSSR count). The van der Waals surface area contributed by atoms with E-state index in [1.807, 2.05) is 0 Å². The second-order valence-corrected chi connectivity index (χ2v) is 8.81. The fourth-order valence-electron chi connectivity index (χ4n) is 3.70. The molecule has 1 atom stereocenters. The van der Waals surface area contributed by atoms with Gasteiger partial charge in [-0.1, -0.05) is 6.07 Å². The van der Waals surface area contributed by atoms with Gasteiger partial charge in [0.25, 0.3) is 0 Å². The van der Waals surface area contributed by atoms with Gasteiger partial charge in [0, 0.05) is 24.6 Å². The molecule has 0 radical (unpaired) electrons. The molecule has 186 valence electrons. The van der Waals surface area contributed by atoms with Gasteiger partial charge in [-0.15, -0.1) is 11.3 Å². The smallest absolute Gasteiger partial charge is 0.353 e. The largest absolute Gasteiger partial charge is 0.497 e. The highest BCUT2D eigenvalue weighted by Crippen LogP contribution is 2.36. The Morgan fingerprint density at radius 2 is 1.75 bits per heavy atom.